The Morgan fingerprint density at radius 2 is 1.85 bits per heavy atom. The molecule has 3 aliphatic heterocycles. The summed E-state index contributed by atoms with van der Waals surface area (Å²) in [7, 11) is 0. The summed E-state index contributed by atoms with van der Waals surface area (Å²) < 4.78 is 27.8. The molecule has 11 nitrogen and oxygen atoms in total. The van der Waals surface area contributed by atoms with E-state index in [1.165, 1.54) is 6.42 Å². The molecule has 0 aliphatic carbocycles. The molecule has 3 fully saturated rings. The Morgan fingerprint density at radius 3 is 2.64 bits per heavy atom. The quantitative estimate of drug-likeness (QED) is 0.160. The van der Waals surface area contributed by atoms with E-state index in [1.54, 1.807) is 0 Å². The van der Waals surface area contributed by atoms with Gasteiger partial charge in [0.2, 0.25) is 0 Å². The highest BCUT2D eigenvalue weighted by Gasteiger charge is 2.28. The molecule has 2 aromatic carbocycles. The molecular weight excluding hydrogens is 594 g/mol. The number of aryl methyl sites for hydroxylation is 1. The van der Waals surface area contributed by atoms with Crippen molar-refractivity contribution in [3.63, 3.8) is 0 Å². The first kappa shape index (κ1) is 30.2. The second-order valence-electron chi connectivity index (χ2n) is 12.6. The predicted octanol–water partition coefficient (Wildman–Crippen LogP) is 6.26. The maximum atomic E-state index is 6.18. The highest BCUT2D eigenvalue weighted by Crippen LogP contribution is 2.33. The zero-order chi connectivity index (χ0) is 31.6. The number of nitrogens with zero attached hydrogens (tertiary/aromatic N) is 6. The first-order chi connectivity index (χ1) is 23.2. The lowest BCUT2D eigenvalue weighted by atomic mass is 9.99. The van der Waals surface area contributed by atoms with Gasteiger partial charge in [-0.1, -0.05) is 37.3 Å². The molecule has 3 aliphatic rings. The summed E-state index contributed by atoms with van der Waals surface area (Å²) in [5.74, 6) is 3.60. The fourth-order valence-corrected chi connectivity index (χ4v) is 6.80. The lowest BCUT2D eigenvalue weighted by Gasteiger charge is -2.37. The minimum Gasteiger partial charge on any atom is -0.489 e. The molecule has 1 N–H and O–H groups in total. The third-order valence-electron chi connectivity index (χ3n) is 9.62. The van der Waals surface area contributed by atoms with Gasteiger partial charge in [-0.05, 0) is 49.8 Å². The number of piperidine rings is 1. The fourth-order valence-electron chi connectivity index (χ4n) is 6.80. The van der Waals surface area contributed by atoms with Crippen molar-refractivity contribution in [2.24, 2.45) is 0 Å². The van der Waals surface area contributed by atoms with Crippen LogP contribution < -0.4 is 15.0 Å². The maximum absolute atomic E-state index is 6.18. The number of nitrogens with one attached hydrogen (secondary N) is 1. The number of aromatic nitrogens is 5. The minimum atomic E-state index is -0.0488. The van der Waals surface area contributed by atoms with Gasteiger partial charge in [-0.15, -0.1) is 0 Å². The van der Waals surface area contributed by atoms with Gasteiger partial charge in [0, 0.05) is 43.1 Å². The summed E-state index contributed by atoms with van der Waals surface area (Å²) in [6.07, 6.45) is 9.13. The van der Waals surface area contributed by atoms with Crippen molar-refractivity contribution in [3.8, 4) is 5.75 Å². The van der Waals surface area contributed by atoms with Crippen LogP contribution in [0.4, 0.5) is 11.6 Å². The summed E-state index contributed by atoms with van der Waals surface area (Å²) in [5, 5.41) is 8.44. The van der Waals surface area contributed by atoms with E-state index in [4.69, 9.17) is 34.0 Å². The molecule has 3 saturated heterocycles. The first-order valence-corrected chi connectivity index (χ1v) is 17.1. The van der Waals surface area contributed by atoms with Gasteiger partial charge in [-0.3, -0.25) is 4.57 Å². The van der Waals surface area contributed by atoms with Crippen LogP contribution in [0, 0.1) is 0 Å². The molecule has 11 heteroatoms. The van der Waals surface area contributed by atoms with Crippen LogP contribution in [0.15, 0.2) is 60.8 Å². The van der Waals surface area contributed by atoms with Gasteiger partial charge in [-0.25, -0.2) is 9.97 Å². The first-order valence-electron chi connectivity index (χ1n) is 17.1. The number of imidazole rings is 1. The Labute approximate surface area is 274 Å². The summed E-state index contributed by atoms with van der Waals surface area (Å²) >= 11 is 0. The molecule has 0 saturated carbocycles. The van der Waals surface area contributed by atoms with E-state index in [-0.39, 0.29) is 12.5 Å². The fraction of sp³-hybridized carbons (Fsp3) is 0.472. The third kappa shape index (κ3) is 6.27. The number of benzene rings is 2. The molecule has 246 valence electrons. The molecule has 47 heavy (non-hydrogen) atoms. The van der Waals surface area contributed by atoms with Gasteiger partial charge >= 0.3 is 0 Å². The smallest absolute Gasteiger partial charge is 0.162 e. The van der Waals surface area contributed by atoms with Gasteiger partial charge < -0.3 is 29.2 Å². The van der Waals surface area contributed by atoms with Crippen molar-refractivity contribution in [1.29, 1.82) is 0 Å². The molecule has 0 spiro atoms. The van der Waals surface area contributed by atoms with Gasteiger partial charge in [0.15, 0.2) is 11.9 Å². The van der Waals surface area contributed by atoms with E-state index >= 15 is 0 Å². The second-order valence-corrected chi connectivity index (χ2v) is 12.6. The number of hydrogen-bond acceptors (Lipinski definition) is 9. The highest BCUT2D eigenvalue weighted by molar-refractivity contribution is 5.78. The van der Waals surface area contributed by atoms with E-state index in [2.05, 4.69) is 46.0 Å². The number of hydrogen-bond donors (Lipinski definition) is 1. The van der Waals surface area contributed by atoms with Gasteiger partial charge in [0.05, 0.1) is 43.6 Å². The third-order valence-corrected chi connectivity index (χ3v) is 9.62. The van der Waals surface area contributed by atoms with Crippen LogP contribution in [0.25, 0.3) is 16.7 Å². The number of anilines is 2. The Kier molecular flexibility index (Phi) is 8.67. The molecule has 0 bridgehead atoms. The van der Waals surface area contributed by atoms with Crippen LogP contribution in [-0.2, 0) is 33.8 Å². The number of rotatable bonds is 13. The van der Waals surface area contributed by atoms with Crippen LogP contribution in [-0.4, -0.2) is 62.8 Å². The zero-order valence-corrected chi connectivity index (χ0v) is 27.0. The van der Waals surface area contributed by atoms with Crippen LogP contribution >= 0.6 is 0 Å². The average molecular weight is 638 g/mol. The largest absolute Gasteiger partial charge is 0.489 e. The standard InChI is InChI=1S/C36H43N7O4/c1-2-26-22-38-43-31(21-32(40-36(26)43)41-16-7-6-10-27(41)13-17-45-35-15-19-46-35)37-23-33-39-29-12-11-28(47-24-25-8-4-3-5-9-25)20-30(29)42(33)34-14-18-44-34/h3-5,8-9,11-12,20-22,27,34-35,37H,2,6-7,10,13-19,23-24H2,1H3/t27-,34?,35?/m0/s1. The lowest BCUT2D eigenvalue weighted by Crippen LogP contribution is -2.41. The van der Waals surface area contributed by atoms with E-state index in [9.17, 15) is 0 Å². The molecule has 8 rings (SSSR count). The van der Waals surface area contributed by atoms with Crippen molar-refractivity contribution in [2.45, 2.75) is 83.6 Å². The average Bonchev–Trinajstić information content (AvgIpc) is 3.64. The van der Waals surface area contributed by atoms with Crippen molar-refractivity contribution < 1.29 is 18.9 Å². The molecule has 0 amide bonds. The van der Waals surface area contributed by atoms with E-state index in [0.717, 1.165) is 109 Å². The second kappa shape index (κ2) is 13.5. The Balaban J connectivity index is 1.06. The topological polar surface area (TPSA) is 100 Å². The Hall–Kier alpha value is -4.19. The Morgan fingerprint density at radius 1 is 0.979 bits per heavy atom. The summed E-state index contributed by atoms with van der Waals surface area (Å²) in [5.41, 5.74) is 5.09. The molecular formula is C36H43N7O4. The summed E-state index contributed by atoms with van der Waals surface area (Å²) in [6, 6.07) is 18.9. The predicted molar refractivity (Wildman–Crippen MR) is 180 cm³/mol. The number of ether oxygens (including phenoxy) is 4. The summed E-state index contributed by atoms with van der Waals surface area (Å²) in [6.45, 7) is 6.40. The molecule has 5 aromatic rings. The van der Waals surface area contributed by atoms with Crippen LogP contribution in [0.3, 0.4) is 0 Å². The SMILES string of the molecule is CCc1cnn2c(NCc3nc4ccc(OCc5ccccc5)cc4n3C3CCO3)cc(N3CCCC[C@H]3CCOC3CCO3)nc12. The van der Waals surface area contributed by atoms with Crippen molar-refractivity contribution in [2.75, 3.05) is 36.6 Å². The van der Waals surface area contributed by atoms with Crippen molar-refractivity contribution >= 4 is 28.3 Å². The highest BCUT2D eigenvalue weighted by atomic mass is 16.7. The summed E-state index contributed by atoms with van der Waals surface area (Å²) in [4.78, 5) is 12.7. The normalized spacial score (nSPS) is 21.1. The minimum absolute atomic E-state index is 0.0285. The van der Waals surface area contributed by atoms with E-state index < -0.39 is 0 Å². The molecule has 0 radical (unpaired) electrons. The Bertz CT molecular complexity index is 1810. The van der Waals surface area contributed by atoms with E-state index in [0.29, 0.717) is 25.8 Å². The molecule has 3 atom stereocenters. The van der Waals surface area contributed by atoms with Gasteiger partial charge in [-0.2, -0.15) is 9.61 Å². The van der Waals surface area contributed by atoms with Crippen molar-refractivity contribution in [3.05, 3.63) is 77.7 Å². The maximum Gasteiger partial charge on any atom is 0.162 e. The molecule has 2 unspecified atom stereocenters. The number of fused-ring (bicyclic) bond motifs is 2. The van der Waals surface area contributed by atoms with Crippen LogP contribution in [0.1, 0.15) is 68.6 Å². The van der Waals surface area contributed by atoms with Crippen molar-refractivity contribution in [1.82, 2.24) is 24.1 Å². The monoisotopic (exact) mass is 637 g/mol. The van der Waals surface area contributed by atoms with Crippen LogP contribution in [0.5, 0.6) is 5.75 Å². The van der Waals surface area contributed by atoms with Crippen LogP contribution in [0.2, 0.25) is 0 Å². The van der Waals surface area contributed by atoms with Gasteiger partial charge in [0.1, 0.15) is 36.0 Å². The molecule has 3 aromatic heterocycles. The van der Waals surface area contributed by atoms with E-state index in [1.807, 2.05) is 41.0 Å². The lowest BCUT2D eigenvalue weighted by molar-refractivity contribution is -0.215. The molecule has 6 heterocycles. The van der Waals surface area contributed by atoms with Gasteiger partial charge in [0.25, 0.3) is 0 Å². The zero-order valence-electron chi connectivity index (χ0n) is 27.0.